The minimum Gasteiger partial charge on any atom is -0.448 e. The number of likely N-dealkylation sites (tertiary alicyclic amines) is 1. The first-order valence-corrected chi connectivity index (χ1v) is 9.50. The highest BCUT2D eigenvalue weighted by atomic mass is 35.5. The van der Waals surface area contributed by atoms with Crippen molar-refractivity contribution in [2.24, 2.45) is 0 Å². The molecule has 0 saturated carbocycles. The molecular formula is C20H17ClN4O4. The van der Waals surface area contributed by atoms with Crippen LogP contribution < -0.4 is 4.90 Å². The topological polar surface area (TPSA) is 94.0 Å². The highest BCUT2D eigenvalue weighted by Crippen LogP contribution is 2.43. The van der Waals surface area contributed by atoms with E-state index in [4.69, 9.17) is 28.0 Å². The summed E-state index contributed by atoms with van der Waals surface area (Å²) in [4.78, 5) is 42.8. The van der Waals surface area contributed by atoms with Crippen LogP contribution in [0.5, 0.6) is 0 Å². The van der Waals surface area contributed by atoms with E-state index in [1.54, 1.807) is 17.9 Å². The summed E-state index contributed by atoms with van der Waals surface area (Å²) in [6.45, 7) is 2.09. The fraction of sp³-hybridized carbons (Fsp3) is 0.400. The maximum absolute atomic E-state index is 13.2. The number of terminal acetylenes is 1. The molecule has 0 N–H and O–H groups in total. The van der Waals surface area contributed by atoms with Gasteiger partial charge < -0.3 is 14.5 Å². The first-order valence-electron chi connectivity index (χ1n) is 9.13. The van der Waals surface area contributed by atoms with E-state index >= 15 is 0 Å². The Hall–Kier alpha value is -3.23. The normalized spacial score (nSPS) is 24.6. The van der Waals surface area contributed by atoms with Gasteiger partial charge in [0.1, 0.15) is 18.7 Å². The van der Waals surface area contributed by atoms with Crippen molar-refractivity contribution in [1.82, 2.24) is 9.80 Å². The SMILES string of the molecule is C#CCCOC(=O)N1C[C@H]2CC1[C@@H]1C(=O)N(c3ccc(C#N)c(Cl)c3C)C(=O)N21. The second kappa shape index (κ2) is 6.98. The van der Waals surface area contributed by atoms with Crippen molar-refractivity contribution in [3.05, 3.63) is 28.3 Å². The number of amides is 4. The zero-order chi connectivity index (χ0) is 20.9. The molecule has 4 rings (SSSR count). The van der Waals surface area contributed by atoms with Gasteiger partial charge in [-0.2, -0.15) is 5.26 Å². The van der Waals surface area contributed by atoms with Crippen molar-refractivity contribution in [2.75, 3.05) is 18.1 Å². The molecule has 0 spiro atoms. The van der Waals surface area contributed by atoms with Crippen LogP contribution in [0.2, 0.25) is 5.02 Å². The van der Waals surface area contributed by atoms with Crippen LogP contribution in [0.1, 0.15) is 24.0 Å². The van der Waals surface area contributed by atoms with Crippen LogP contribution in [0.15, 0.2) is 12.1 Å². The Morgan fingerprint density at radius 2 is 2.17 bits per heavy atom. The van der Waals surface area contributed by atoms with Crippen LogP contribution in [-0.4, -0.2) is 59.1 Å². The van der Waals surface area contributed by atoms with Gasteiger partial charge in [0.15, 0.2) is 0 Å². The Balaban J connectivity index is 1.61. The van der Waals surface area contributed by atoms with Crippen molar-refractivity contribution >= 4 is 35.3 Å². The van der Waals surface area contributed by atoms with E-state index in [1.807, 2.05) is 6.07 Å². The monoisotopic (exact) mass is 412 g/mol. The number of nitriles is 1. The van der Waals surface area contributed by atoms with E-state index in [2.05, 4.69) is 5.92 Å². The number of carbonyl (C=O) groups is 3. The number of hydrogen-bond acceptors (Lipinski definition) is 5. The average Bonchev–Trinajstić information content (AvgIpc) is 3.36. The second-order valence-corrected chi connectivity index (χ2v) is 7.55. The Labute approximate surface area is 172 Å². The van der Waals surface area contributed by atoms with Crippen LogP contribution in [-0.2, 0) is 9.53 Å². The molecule has 0 aliphatic carbocycles. The van der Waals surface area contributed by atoms with Crippen molar-refractivity contribution in [2.45, 2.75) is 37.9 Å². The van der Waals surface area contributed by atoms with Gasteiger partial charge in [0.2, 0.25) is 0 Å². The number of imide groups is 1. The Morgan fingerprint density at radius 1 is 1.41 bits per heavy atom. The first-order chi connectivity index (χ1) is 13.9. The molecule has 1 aromatic carbocycles. The zero-order valence-corrected chi connectivity index (χ0v) is 16.3. The fourth-order valence-electron chi connectivity index (χ4n) is 4.37. The van der Waals surface area contributed by atoms with Gasteiger partial charge in [-0.1, -0.05) is 11.6 Å². The lowest BCUT2D eigenvalue weighted by molar-refractivity contribution is -0.121. The van der Waals surface area contributed by atoms with Crippen molar-refractivity contribution in [1.29, 1.82) is 5.26 Å². The maximum atomic E-state index is 13.2. The molecule has 29 heavy (non-hydrogen) atoms. The lowest BCUT2D eigenvalue weighted by Gasteiger charge is -2.34. The van der Waals surface area contributed by atoms with Gasteiger partial charge in [-0.3, -0.25) is 4.79 Å². The summed E-state index contributed by atoms with van der Waals surface area (Å²) in [5, 5.41) is 9.33. The molecule has 0 aromatic heterocycles. The minimum absolute atomic E-state index is 0.111. The molecule has 3 aliphatic heterocycles. The molecule has 0 radical (unpaired) electrons. The number of carbonyl (C=O) groups excluding carboxylic acids is 3. The van der Waals surface area contributed by atoms with Crippen LogP contribution in [0.25, 0.3) is 0 Å². The lowest BCUT2D eigenvalue weighted by atomic mass is 10.1. The first kappa shape index (κ1) is 19.1. The summed E-state index contributed by atoms with van der Waals surface area (Å²) in [5.41, 5.74) is 1.10. The van der Waals surface area contributed by atoms with Crippen LogP contribution in [0.3, 0.4) is 0 Å². The van der Waals surface area contributed by atoms with E-state index in [9.17, 15) is 14.4 Å². The lowest BCUT2D eigenvalue weighted by Crippen LogP contribution is -2.55. The number of piperazine rings is 1. The molecule has 3 atom stereocenters. The second-order valence-electron chi connectivity index (χ2n) is 7.17. The van der Waals surface area contributed by atoms with Gasteiger partial charge in [0.25, 0.3) is 5.91 Å². The molecule has 8 nitrogen and oxygen atoms in total. The third-order valence-electron chi connectivity index (χ3n) is 5.69. The van der Waals surface area contributed by atoms with Crippen LogP contribution in [0.4, 0.5) is 15.3 Å². The number of ether oxygens (including phenoxy) is 1. The molecule has 4 amide bonds. The average molecular weight is 413 g/mol. The number of urea groups is 1. The van der Waals surface area contributed by atoms with E-state index in [-0.39, 0.29) is 23.2 Å². The molecule has 1 aromatic rings. The molecular weight excluding hydrogens is 396 g/mol. The molecule has 3 saturated heterocycles. The number of benzene rings is 1. The number of anilines is 1. The number of nitrogens with zero attached hydrogens (tertiary/aromatic N) is 4. The molecule has 3 aliphatic rings. The van der Waals surface area contributed by atoms with Gasteiger partial charge in [-0.15, -0.1) is 12.3 Å². The molecule has 3 heterocycles. The summed E-state index contributed by atoms with van der Waals surface area (Å²) < 4.78 is 5.17. The summed E-state index contributed by atoms with van der Waals surface area (Å²) in [6.07, 6.45) is 5.49. The summed E-state index contributed by atoms with van der Waals surface area (Å²) >= 11 is 6.22. The highest BCUT2D eigenvalue weighted by molar-refractivity contribution is 6.33. The van der Waals surface area contributed by atoms with Gasteiger partial charge in [0.05, 0.1) is 28.4 Å². The summed E-state index contributed by atoms with van der Waals surface area (Å²) in [6, 6.07) is 3.14. The molecule has 1 unspecified atom stereocenters. The molecule has 3 fully saturated rings. The van der Waals surface area contributed by atoms with E-state index < -0.39 is 30.1 Å². The van der Waals surface area contributed by atoms with Crippen LogP contribution >= 0.6 is 11.6 Å². The zero-order valence-electron chi connectivity index (χ0n) is 15.6. The van der Waals surface area contributed by atoms with E-state index in [0.29, 0.717) is 30.6 Å². The van der Waals surface area contributed by atoms with Crippen molar-refractivity contribution in [3.8, 4) is 18.4 Å². The van der Waals surface area contributed by atoms with Gasteiger partial charge >= 0.3 is 12.1 Å². The van der Waals surface area contributed by atoms with Crippen LogP contribution in [0, 0.1) is 30.6 Å². The fourth-order valence-corrected chi connectivity index (χ4v) is 4.57. The van der Waals surface area contributed by atoms with E-state index in [1.165, 1.54) is 11.0 Å². The Bertz CT molecular complexity index is 1010. The predicted octanol–water partition coefficient (Wildman–Crippen LogP) is 2.27. The number of rotatable bonds is 3. The van der Waals surface area contributed by atoms with Crippen molar-refractivity contribution in [3.63, 3.8) is 0 Å². The van der Waals surface area contributed by atoms with E-state index in [0.717, 1.165) is 4.90 Å². The van der Waals surface area contributed by atoms with Gasteiger partial charge in [-0.25, -0.2) is 14.5 Å². The molecule has 2 bridgehead atoms. The Kier molecular flexibility index (Phi) is 4.60. The predicted molar refractivity (Wildman–Crippen MR) is 103 cm³/mol. The largest absolute Gasteiger partial charge is 0.448 e. The van der Waals surface area contributed by atoms with Gasteiger partial charge in [0, 0.05) is 13.0 Å². The molecule has 148 valence electrons. The smallest absolute Gasteiger partial charge is 0.410 e. The quantitative estimate of drug-likeness (QED) is 0.431. The Morgan fingerprint density at radius 3 is 2.86 bits per heavy atom. The summed E-state index contributed by atoms with van der Waals surface area (Å²) in [5.74, 6) is 1.99. The minimum atomic E-state index is -0.754. The number of hydrogen-bond donors (Lipinski definition) is 0. The van der Waals surface area contributed by atoms with Crippen molar-refractivity contribution < 1.29 is 19.1 Å². The number of halogens is 1. The molecule has 9 heteroatoms. The summed E-state index contributed by atoms with van der Waals surface area (Å²) in [7, 11) is 0. The maximum Gasteiger partial charge on any atom is 0.410 e. The third kappa shape index (κ3) is 2.72. The number of fused-ring (bicyclic) bond motifs is 5. The van der Waals surface area contributed by atoms with Gasteiger partial charge in [-0.05, 0) is 31.0 Å². The highest BCUT2D eigenvalue weighted by Gasteiger charge is 2.63. The third-order valence-corrected chi connectivity index (χ3v) is 6.18. The standard InChI is InChI=1S/C20H17ClN4O4/c1-3-4-7-29-20(28)23-10-13-8-15(23)17-18(26)25(19(27)24(13)17)14-6-5-12(9-22)16(21)11(14)2/h1,5-6,13,15,17H,4,7-8,10H2,2H3/t13-,15?,17-/m1/s1.